The van der Waals surface area contributed by atoms with Gasteiger partial charge in [0.25, 0.3) is 0 Å². The van der Waals surface area contributed by atoms with E-state index in [1.54, 1.807) is 40.7 Å². The van der Waals surface area contributed by atoms with Crippen molar-refractivity contribution in [1.29, 1.82) is 0 Å². The predicted molar refractivity (Wildman–Crippen MR) is 134 cm³/mol. The number of para-hydroxylation sites is 1. The number of sulfonamides is 1. The van der Waals surface area contributed by atoms with Crippen LogP contribution in [0.15, 0.2) is 89.8 Å². The molecule has 1 saturated heterocycles. The smallest absolute Gasteiger partial charge is 0.336 e. The van der Waals surface area contributed by atoms with E-state index in [0.717, 1.165) is 42.4 Å². The molecule has 3 aromatic rings. The third-order valence-electron chi connectivity index (χ3n) is 5.92. The minimum atomic E-state index is -3.49. The van der Waals surface area contributed by atoms with Crippen LogP contribution in [0.2, 0.25) is 0 Å². The Balaban J connectivity index is 1.40. The highest BCUT2D eigenvalue weighted by Crippen LogP contribution is 2.23. The molecule has 4 rings (SSSR count). The maximum atomic E-state index is 12.9. The molecule has 1 heterocycles. The van der Waals surface area contributed by atoms with Crippen molar-refractivity contribution in [2.45, 2.75) is 37.0 Å². The van der Waals surface area contributed by atoms with E-state index >= 15 is 0 Å². The first-order chi connectivity index (χ1) is 16.5. The molecular formula is C28H29NO4S. The quantitative estimate of drug-likeness (QED) is 0.259. The van der Waals surface area contributed by atoms with Crippen molar-refractivity contribution in [3.8, 4) is 5.75 Å². The number of nitrogens with zero attached hydrogens (tertiary/aromatic N) is 1. The maximum absolute atomic E-state index is 12.9. The molecule has 176 valence electrons. The van der Waals surface area contributed by atoms with E-state index < -0.39 is 16.0 Å². The fraction of sp³-hybridized carbons (Fsp3) is 0.250. The van der Waals surface area contributed by atoms with Crippen molar-refractivity contribution in [2.75, 3.05) is 13.1 Å². The van der Waals surface area contributed by atoms with E-state index in [9.17, 15) is 13.2 Å². The summed E-state index contributed by atoms with van der Waals surface area (Å²) in [7, 11) is -3.49. The van der Waals surface area contributed by atoms with E-state index in [0.29, 0.717) is 25.3 Å². The molecule has 0 bridgehead atoms. The van der Waals surface area contributed by atoms with Crippen LogP contribution in [0.3, 0.4) is 0 Å². The molecule has 5 nitrogen and oxygen atoms in total. The van der Waals surface area contributed by atoms with E-state index in [1.165, 1.54) is 6.08 Å². The second kappa shape index (κ2) is 11.3. The van der Waals surface area contributed by atoms with Crippen LogP contribution < -0.4 is 4.74 Å². The number of benzene rings is 3. The number of hydrogen-bond acceptors (Lipinski definition) is 4. The van der Waals surface area contributed by atoms with Crippen LogP contribution in [-0.2, 0) is 21.2 Å². The largest absolute Gasteiger partial charge is 0.423 e. The minimum Gasteiger partial charge on any atom is -0.423 e. The Morgan fingerprint density at radius 3 is 2.18 bits per heavy atom. The summed E-state index contributed by atoms with van der Waals surface area (Å²) < 4.78 is 33.0. The summed E-state index contributed by atoms with van der Waals surface area (Å²) in [5.74, 6) is 0.0432. The topological polar surface area (TPSA) is 63.7 Å². The molecule has 1 fully saturated rings. The van der Waals surface area contributed by atoms with Crippen LogP contribution in [0.4, 0.5) is 0 Å². The molecule has 0 N–H and O–H groups in total. The van der Waals surface area contributed by atoms with E-state index in [-0.39, 0.29) is 4.90 Å². The molecule has 0 saturated carbocycles. The highest BCUT2D eigenvalue weighted by molar-refractivity contribution is 7.89. The van der Waals surface area contributed by atoms with Gasteiger partial charge >= 0.3 is 5.97 Å². The number of carbonyl (C=O) groups excluding carboxylic acids is 1. The van der Waals surface area contributed by atoms with Gasteiger partial charge in [-0.1, -0.05) is 73.5 Å². The zero-order valence-corrected chi connectivity index (χ0v) is 19.9. The van der Waals surface area contributed by atoms with Gasteiger partial charge in [-0.3, -0.25) is 0 Å². The third-order valence-corrected chi connectivity index (χ3v) is 7.83. The fourth-order valence-corrected chi connectivity index (χ4v) is 5.57. The zero-order chi connectivity index (χ0) is 23.8. The molecule has 0 atom stereocenters. The van der Waals surface area contributed by atoms with Gasteiger partial charge in [-0.05, 0) is 53.8 Å². The molecule has 6 heteroatoms. The summed E-state index contributed by atoms with van der Waals surface area (Å²) >= 11 is 0. The average molecular weight is 476 g/mol. The van der Waals surface area contributed by atoms with Gasteiger partial charge in [-0.25, -0.2) is 13.2 Å². The highest BCUT2D eigenvalue weighted by atomic mass is 32.2. The van der Waals surface area contributed by atoms with Gasteiger partial charge in [0.1, 0.15) is 5.75 Å². The lowest BCUT2D eigenvalue weighted by molar-refractivity contribution is -0.128. The SMILES string of the molecule is O=C(C=Cc1ccc(S(=O)(=O)N2CCCCCC2)cc1)Oc1ccccc1Cc1ccccc1. The molecule has 3 aromatic carbocycles. The second-order valence-corrected chi connectivity index (χ2v) is 10.3. The molecule has 1 aliphatic rings. The first-order valence-electron chi connectivity index (χ1n) is 11.6. The van der Waals surface area contributed by atoms with Gasteiger partial charge in [0, 0.05) is 25.6 Å². The predicted octanol–water partition coefficient (Wildman–Crippen LogP) is 5.46. The monoisotopic (exact) mass is 475 g/mol. The highest BCUT2D eigenvalue weighted by Gasteiger charge is 2.24. The average Bonchev–Trinajstić information content (AvgIpc) is 3.15. The van der Waals surface area contributed by atoms with Crippen LogP contribution in [0.5, 0.6) is 5.75 Å². The van der Waals surface area contributed by atoms with Gasteiger partial charge in [0.05, 0.1) is 4.90 Å². The number of hydrogen-bond donors (Lipinski definition) is 0. The Morgan fingerprint density at radius 1 is 0.824 bits per heavy atom. The molecule has 0 aromatic heterocycles. The van der Waals surface area contributed by atoms with E-state index in [4.69, 9.17) is 4.74 Å². The van der Waals surface area contributed by atoms with Gasteiger partial charge in [-0.15, -0.1) is 0 Å². The normalized spacial score (nSPS) is 15.2. The Labute approximate surface area is 201 Å². The Hall–Kier alpha value is -3.22. The number of esters is 1. The second-order valence-electron chi connectivity index (χ2n) is 8.41. The zero-order valence-electron chi connectivity index (χ0n) is 19.1. The van der Waals surface area contributed by atoms with Crippen molar-refractivity contribution in [3.63, 3.8) is 0 Å². The van der Waals surface area contributed by atoms with Crippen molar-refractivity contribution in [1.82, 2.24) is 4.31 Å². The van der Waals surface area contributed by atoms with E-state index in [1.807, 2.05) is 48.5 Å². The van der Waals surface area contributed by atoms with Crippen molar-refractivity contribution in [3.05, 3.63) is 102 Å². The fourth-order valence-electron chi connectivity index (χ4n) is 4.05. The first kappa shape index (κ1) is 23.9. The molecule has 0 amide bonds. The first-order valence-corrected chi connectivity index (χ1v) is 13.1. The molecule has 0 aliphatic carbocycles. The van der Waals surface area contributed by atoms with E-state index in [2.05, 4.69) is 0 Å². The standard InChI is InChI=1S/C28H29NO4S/c30-28(33-27-13-7-6-12-25(27)22-24-10-4-3-5-11-24)19-16-23-14-17-26(18-15-23)34(31,32)29-20-8-1-2-9-21-29/h3-7,10-19H,1-2,8-9,20-22H2. The third kappa shape index (κ3) is 6.22. The minimum absolute atomic E-state index is 0.281. The van der Waals surface area contributed by atoms with Gasteiger partial charge in [-0.2, -0.15) is 4.31 Å². The molecule has 34 heavy (non-hydrogen) atoms. The Morgan fingerprint density at radius 2 is 1.47 bits per heavy atom. The number of carbonyl (C=O) groups is 1. The van der Waals surface area contributed by atoms with Crippen LogP contribution >= 0.6 is 0 Å². The van der Waals surface area contributed by atoms with Crippen molar-refractivity contribution < 1.29 is 17.9 Å². The molecular weight excluding hydrogens is 446 g/mol. The number of rotatable bonds is 7. The van der Waals surface area contributed by atoms with Crippen LogP contribution in [0.25, 0.3) is 6.08 Å². The van der Waals surface area contributed by atoms with Gasteiger partial charge in [0.2, 0.25) is 10.0 Å². The summed E-state index contributed by atoms with van der Waals surface area (Å²) in [6.07, 6.45) is 7.60. The maximum Gasteiger partial charge on any atom is 0.336 e. The summed E-state index contributed by atoms with van der Waals surface area (Å²) in [6, 6.07) is 24.1. The summed E-state index contributed by atoms with van der Waals surface area (Å²) in [6.45, 7) is 1.14. The van der Waals surface area contributed by atoms with Crippen LogP contribution in [0.1, 0.15) is 42.4 Å². The van der Waals surface area contributed by atoms with Gasteiger partial charge < -0.3 is 4.74 Å². The lowest BCUT2D eigenvalue weighted by atomic mass is 10.0. The molecule has 1 aliphatic heterocycles. The Bertz CT molecular complexity index is 1230. The lowest BCUT2D eigenvalue weighted by Crippen LogP contribution is -2.31. The van der Waals surface area contributed by atoms with Crippen LogP contribution in [-0.4, -0.2) is 31.8 Å². The summed E-state index contributed by atoms with van der Waals surface area (Å²) in [5.41, 5.74) is 2.79. The number of ether oxygens (including phenoxy) is 1. The van der Waals surface area contributed by atoms with Crippen LogP contribution in [0, 0.1) is 0 Å². The summed E-state index contributed by atoms with van der Waals surface area (Å²) in [5, 5.41) is 0. The lowest BCUT2D eigenvalue weighted by Gasteiger charge is -2.19. The molecule has 0 unspecified atom stereocenters. The van der Waals surface area contributed by atoms with Gasteiger partial charge in [0.15, 0.2) is 0 Å². The summed E-state index contributed by atoms with van der Waals surface area (Å²) in [4.78, 5) is 12.7. The molecule has 0 radical (unpaired) electrons. The molecule has 0 spiro atoms. The van der Waals surface area contributed by atoms with Crippen molar-refractivity contribution >= 4 is 22.1 Å². The van der Waals surface area contributed by atoms with Crippen molar-refractivity contribution in [2.24, 2.45) is 0 Å². The Kier molecular flexibility index (Phi) is 7.93.